The number of carbonyl (C=O) groups is 1. The van der Waals surface area contributed by atoms with Crippen molar-refractivity contribution in [1.82, 2.24) is 4.98 Å². The van der Waals surface area contributed by atoms with Crippen LogP contribution in [-0.4, -0.2) is 30.2 Å². The lowest BCUT2D eigenvalue weighted by atomic mass is 10.2. The molecule has 23 heavy (non-hydrogen) atoms. The largest absolute Gasteiger partial charge is 0.472 e. The molecule has 0 radical (unpaired) electrons. The number of anilines is 1. The molecule has 2 heterocycles. The normalized spacial score (nSPS) is 17.0. The summed E-state index contributed by atoms with van der Waals surface area (Å²) in [6.07, 6.45) is 2.07. The lowest BCUT2D eigenvalue weighted by Gasteiger charge is -2.11. The molecule has 0 spiro atoms. The zero-order chi connectivity index (χ0) is 16.2. The van der Waals surface area contributed by atoms with Crippen LogP contribution >= 0.6 is 0 Å². The summed E-state index contributed by atoms with van der Waals surface area (Å²) in [4.78, 5) is 16.1. The maximum absolute atomic E-state index is 13.5. The van der Waals surface area contributed by atoms with Crippen LogP contribution in [0.3, 0.4) is 0 Å². The van der Waals surface area contributed by atoms with Crippen LogP contribution < -0.4 is 10.1 Å². The molecule has 1 atom stereocenters. The predicted octanol–water partition coefficient (Wildman–Crippen LogP) is 2.78. The molecule has 1 unspecified atom stereocenters. The number of hydrogen-bond donors (Lipinski definition) is 1. The van der Waals surface area contributed by atoms with Crippen LogP contribution in [-0.2, 0) is 4.74 Å². The average Bonchev–Trinajstić information content (AvgIpc) is 3.04. The van der Waals surface area contributed by atoms with E-state index < -0.39 is 17.5 Å². The Morgan fingerprint density at radius 1 is 1.30 bits per heavy atom. The first-order chi connectivity index (χ1) is 11.1. The molecule has 5 nitrogen and oxygen atoms in total. The Hall–Kier alpha value is -2.54. The van der Waals surface area contributed by atoms with Gasteiger partial charge >= 0.3 is 0 Å². The Labute approximate surface area is 131 Å². The first-order valence-electron chi connectivity index (χ1n) is 7.08. The van der Waals surface area contributed by atoms with E-state index in [1.807, 2.05) is 0 Å². The highest BCUT2D eigenvalue weighted by Crippen LogP contribution is 2.18. The summed E-state index contributed by atoms with van der Waals surface area (Å²) in [6, 6.07) is 5.90. The molecule has 0 aliphatic carbocycles. The van der Waals surface area contributed by atoms with Gasteiger partial charge in [-0.15, -0.1) is 0 Å². The van der Waals surface area contributed by atoms with E-state index in [-0.39, 0.29) is 17.4 Å². The van der Waals surface area contributed by atoms with Gasteiger partial charge in [-0.1, -0.05) is 0 Å². The maximum Gasteiger partial charge on any atom is 0.257 e. The van der Waals surface area contributed by atoms with Crippen LogP contribution in [0.4, 0.5) is 14.5 Å². The topological polar surface area (TPSA) is 60.5 Å². The van der Waals surface area contributed by atoms with E-state index >= 15 is 0 Å². The van der Waals surface area contributed by atoms with Crippen molar-refractivity contribution in [2.75, 3.05) is 18.5 Å². The smallest absolute Gasteiger partial charge is 0.257 e. The van der Waals surface area contributed by atoms with E-state index in [0.29, 0.717) is 19.1 Å². The SMILES string of the molecule is O=C(Nc1cc(F)ccc1F)c1ccc(OC2CCOC2)nc1. The highest BCUT2D eigenvalue weighted by atomic mass is 19.1. The minimum Gasteiger partial charge on any atom is -0.472 e. The monoisotopic (exact) mass is 320 g/mol. The average molecular weight is 320 g/mol. The van der Waals surface area contributed by atoms with Gasteiger partial charge in [0.05, 0.1) is 24.5 Å². The van der Waals surface area contributed by atoms with Gasteiger partial charge in [-0.05, 0) is 18.2 Å². The number of ether oxygens (including phenoxy) is 2. The first kappa shape index (κ1) is 15.4. The number of rotatable bonds is 4. The highest BCUT2D eigenvalue weighted by Gasteiger charge is 2.18. The minimum absolute atomic E-state index is 0.0384. The molecule has 1 aromatic heterocycles. The molecular formula is C16H14F2N2O3. The Bertz CT molecular complexity index is 701. The van der Waals surface area contributed by atoms with Gasteiger partial charge in [0.25, 0.3) is 5.91 Å². The highest BCUT2D eigenvalue weighted by molar-refractivity contribution is 6.04. The lowest BCUT2D eigenvalue weighted by Crippen LogP contribution is -2.17. The van der Waals surface area contributed by atoms with E-state index in [1.54, 1.807) is 6.07 Å². The summed E-state index contributed by atoms with van der Waals surface area (Å²) in [5.41, 5.74) is -0.0119. The molecule has 1 aromatic carbocycles. The molecule has 1 aliphatic heterocycles. The van der Waals surface area contributed by atoms with Crippen LogP contribution in [0.25, 0.3) is 0 Å². The van der Waals surface area contributed by atoms with Crippen LogP contribution in [0.1, 0.15) is 16.8 Å². The third-order valence-corrected chi connectivity index (χ3v) is 3.35. The number of benzene rings is 1. The van der Waals surface area contributed by atoms with Crippen molar-refractivity contribution in [3.05, 3.63) is 53.7 Å². The fourth-order valence-corrected chi connectivity index (χ4v) is 2.15. The van der Waals surface area contributed by atoms with Gasteiger partial charge in [0.2, 0.25) is 5.88 Å². The van der Waals surface area contributed by atoms with Gasteiger partial charge in [-0.25, -0.2) is 13.8 Å². The molecule has 2 aromatic rings. The van der Waals surface area contributed by atoms with E-state index in [0.717, 1.165) is 24.6 Å². The van der Waals surface area contributed by atoms with Crippen molar-refractivity contribution >= 4 is 11.6 Å². The number of halogens is 2. The molecule has 3 rings (SSSR count). The molecule has 0 saturated carbocycles. The summed E-state index contributed by atoms with van der Waals surface area (Å²) in [7, 11) is 0. The second-order valence-electron chi connectivity index (χ2n) is 5.07. The van der Waals surface area contributed by atoms with Crippen molar-refractivity contribution < 1.29 is 23.0 Å². The van der Waals surface area contributed by atoms with Crippen LogP contribution in [0.15, 0.2) is 36.5 Å². The third-order valence-electron chi connectivity index (χ3n) is 3.35. The van der Waals surface area contributed by atoms with Gasteiger partial charge in [-0.3, -0.25) is 4.79 Å². The Kier molecular flexibility index (Phi) is 4.47. The van der Waals surface area contributed by atoms with Gasteiger partial charge < -0.3 is 14.8 Å². The van der Waals surface area contributed by atoms with E-state index in [1.165, 1.54) is 12.3 Å². The summed E-state index contributed by atoms with van der Waals surface area (Å²) >= 11 is 0. The van der Waals surface area contributed by atoms with Crippen molar-refractivity contribution in [2.24, 2.45) is 0 Å². The second kappa shape index (κ2) is 6.70. The molecule has 1 aliphatic rings. The summed E-state index contributed by atoms with van der Waals surface area (Å²) in [5, 5.41) is 2.31. The van der Waals surface area contributed by atoms with Gasteiger partial charge in [0.1, 0.15) is 17.7 Å². The fraction of sp³-hybridized carbons (Fsp3) is 0.250. The van der Waals surface area contributed by atoms with Crippen molar-refractivity contribution in [2.45, 2.75) is 12.5 Å². The number of pyridine rings is 1. The van der Waals surface area contributed by atoms with Crippen LogP contribution in [0.2, 0.25) is 0 Å². The molecule has 0 bridgehead atoms. The van der Waals surface area contributed by atoms with Crippen molar-refractivity contribution in [3.8, 4) is 5.88 Å². The zero-order valence-corrected chi connectivity index (χ0v) is 12.1. The zero-order valence-electron chi connectivity index (χ0n) is 12.1. The van der Waals surface area contributed by atoms with Crippen LogP contribution in [0.5, 0.6) is 5.88 Å². The van der Waals surface area contributed by atoms with Crippen molar-refractivity contribution in [3.63, 3.8) is 0 Å². The standard InChI is InChI=1S/C16H14F2N2O3/c17-11-2-3-13(18)14(7-11)20-16(21)10-1-4-15(19-8-10)23-12-5-6-22-9-12/h1-4,7-8,12H,5-6,9H2,(H,20,21). The predicted molar refractivity (Wildman–Crippen MR) is 78.4 cm³/mol. The molecule has 1 amide bonds. The number of amides is 1. The van der Waals surface area contributed by atoms with E-state index in [2.05, 4.69) is 10.3 Å². The first-order valence-corrected chi connectivity index (χ1v) is 7.08. The number of carbonyl (C=O) groups excluding carboxylic acids is 1. The summed E-state index contributed by atoms with van der Waals surface area (Å²) < 4.78 is 37.4. The summed E-state index contributed by atoms with van der Waals surface area (Å²) in [6.45, 7) is 1.17. The third kappa shape index (κ3) is 3.81. The van der Waals surface area contributed by atoms with Crippen LogP contribution in [0, 0.1) is 11.6 Å². The molecule has 1 N–H and O–H groups in total. The van der Waals surface area contributed by atoms with E-state index in [9.17, 15) is 13.6 Å². The minimum atomic E-state index is -0.714. The maximum atomic E-state index is 13.5. The Morgan fingerprint density at radius 2 is 2.17 bits per heavy atom. The molecule has 7 heteroatoms. The van der Waals surface area contributed by atoms with Gasteiger partial charge in [0, 0.05) is 24.8 Å². The quantitative estimate of drug-likeness (QED) is 0.941. The van der Waals surface area contributed by atoms with Crippen molar-refractivity contribution in [1.29, 1.82) is 0 Å². The molecule has 1 saturated heterocycles. The Balaban J connectivity index is 1.66. The molecule has 120 valence electrons. The second-order valence-corrected chi connectivity index (χ2v) is 5.07. The van der Waals surface area contributed by atoms with Gasteiger partial charge in [0.15, 0.2) is 0 Å². The number of aromatic nitrogens is 1. The number of nitrogens with zero attached hydrogens (tertiary/aromatic N) is 1. The molecular weight excluding hydrogens is 306 g/mol. The van der Waals surface area contributed by atoms with Gasteiger partial charge in [-0.2, -0.15) is 0 Å². The number of nitrogens with one attached hydrogen (secondary N) is 1. The number of hydrogen-bond acceptors (Lipinski definition) is 4. The Morgan fingerprint density at radius 3 is 2.87 bits per heavy atom. The summed E-state index contributed by atoms with van der Waals surface area (Å²) in [5.74, 6) is -1.55. The molecule has 1 fully saturated rings. The van der Waals surface area contributed by atoms with E-state index in [4.69, 9.17) is 9.47 Å². The lowest BCUT2D eigenvalue weighted by molar-refractivity contribution is 0.102. The fourth-order valence-electron chi connectivity index (χ4n) is 2.15.